The molecule has 0 saturated carbocycles. The Morgan fingerprint density at radius 3 is 2.92 bits per heavy atom. The van der Waals surface area contributed by atoms with Gasteiger partial charge in [-0.25, -0.2) is 4.52 Å². The second kappa shape index (κ2) is 6.58. The molecular weight excluding hydrogens is 312 g/mol. The molecule has 0 unspecified atom stereocenters. The van der Waals surface area contributed by atoms with E-state index in [0.29, 0.717) is 13.0 Å². The molecule has 0 aliphatic carbocycles. The number of β-amino-alcohol motifs (C(OH)–C–C–N with tert-alkyl or cyclic N) is 1. The summed E-state index contributed by atoms with van der Waals surface area (Å²) in [6.45, 7) is 0.543. The number of amides is 1. The first-order chi connectivity index (χ1) is 11.5. The molecule has 0 radical (unpaired) electrons. The van der Waals surface area contributed by atoms with Gasteiger partial charge in [-0.1, -0.05) is 6.07 Å². The molecule has 0 spiro atoms. The number of carbonyl (C=O) groups excluding carboxylic acids is 1. The van der Waals surface area contributed by atoms with Gasteiger partial charge in [0.15, 0.2) is 0 Å². The summed E-state index contributed by atoms with van der Waals surface area (Å²) in [6, 6.07) is 4.70. The lowest BCUT2D eigenvalue weighted by molar-refractivity contribution is -0.141. The van der Waals surface area contributed by atoms with Crippen LogP contribution in [-0.2, 0) is 16.0 Å². The molecule has 8 nitrogen and oxygen atoms in total. The quantitative estimate of drug-likeness (QED) is 0.678. The van der Waals surface area contributed by atoms with Crippen molar-refractivity contribution in [3.05, 3.63) is 36.2 Å². The molecule has 24 heavy (non-hydrogen) atoms. The van der Waals surface area contributed by atoms with E-state index < -0.39 is 30.4 Å². The molecule has 0 bridgehead atoms. The van der Waals surface area contributed by atoms with E-state index in [1.165, 1.54) is 4.90 Å². The Hall–Kier alpha value is -2.45. The van der Waals surface area contributed by atoms with Crippen molar-refractivity contribution in [2.75, 3.05) is 13.1 Å². The van der Waals surface area contributed by atoms with Crippen molar-refractivity contribution in [1.29, 1.82) is 0 Å². The van der Waals surface area contributed by atoms with Gasteiger partial charge >= 0.3 is 5.97 Å². The fourth-order valence-corrected chi connectivity index (χ4v) is 3.21. The second-order valence-electron chi connectivity index (χ2n) is 6.17. The van der Waals surface area contributed by atoms with Crippen molar-refractivity contribution in [3.8, 4) is 0 Å². The molecule has 1 saturated heterocycles. The minimum atomic E-state index is -1.11. The minimum absolute atomic E-state index is 0.118. The van der Waals surface area contributed by atoms with Crippen LogP contribution in [0.25, 0.3) is 5.52 Å². The second-order valence-corrected chi connectivity index (χ2v) is 6.17. The van der Waals surface area contributed by atoms with Crippen LogP contribution in [0.15, 0.2) is 30.6 Å². The Morgan fingerprint density at radius 1 is 1.38 bits per heavy atom. The highest BCUT2D eigenvalue weighted by atomic mass is 16.4. The normalized spacial score (nSPS) is 22.0. The Kier molecular flexibility index (Phi) is 4.50. The molecule has 3 atom stereocenters. The monoisotopic (exact) mass is 332 g/mol. The maximum atomic E-state index is 12.2. The molecule has 3 rings (SSSR count). The van der Waals surface area contributed by atoms with Crippen molar-refractivity contribution in [2.24, 2.45) is 11.7 Å². The number of likely N-dealkylation sites (tertiary alicyclic amines) is 1. The third-order valence-corrected chi connectivity index (χ3v) is 4.44. The Bertz CT molecular complexity index is 759. The maximum absolute atomic E-state index is 12.2. The zero-order valence-corrected chi connectivity index (χ0v) is 13.1. The first-order valence-electron chi connectivity index (χ1n) is 7.81. The summed E-state index contributed by atoms with van der Waals surface area (Å²) in [4.78, 5) is 24.4. The number of fused-ring (bicyclic) bond motifs is 1. The Labute approximate surface area is 138 Å². The number of hydrogen-bond acceptors (Lipinski definition) is 5. The average Bonchev–Trinajstić information content (AvgIpc) is 3.13. The minimum Gasteiger partial charge on any atom is -0.481 e. The number of nitrogens with zero attached hydrogens (tertiary/aromatic N) is 3. The molecule has 1 aliphatic rings. The lowest BCUT2D eigenvalue weighted by Crippen LogP contribution is -2.44. The highest BCUT2D eigenvalue weighted by Crippen LogP contribution is 2.24. The highest BCUT2D eigenvalue weighted by Gasteiger charge is 2.36. The molecule has 2 aromatic rings. The lowest BCUT2D eigenvalue weighted by Gasteiger charge is -2.19. The van der Waals surface area contributed by atoms with E-state index in [1.807, 2.05) is 24.4 Å². The van der Waals surface area contributed by atoms with Gasteiger partial charge in [0.2, 0.25) is 5.91 Å². The van der Waals surface area contributed by atoms with Gasteiger partial charge in [0.05, 0.1) is 24.1 Å². The van der Waals surface area contributed by atoms with Crippen molar-refractivity contribution in [2.45, 2.75) is 25.0 Å². The summed E-state index contributed by atoms with van der Waals surface area (Å²) < 4.78 is 1.77. The van der Waals surface area contributed by atoms with E-state index in [-0.39, 0.29) is 12.5 Å². The van der Waals surface area contributed by atoms with E-state index in [1.54, 1.807) is 10.7 Å². The third kappa shape index (κ3) is 3.24. The molecule has 4 N–H and O–H groups in total. The third-order valence-electron chi connectivity index (χ3n) is 4.44. The number of aliphatic carboxylic acids is 1. The number of pyridine rings is 1. The molecule has 0 aromatic carbocycles. The van der Waals surface area contributed by atoms with Crippen molar-refractivity contribution in [1.82, 2.24) is 14.5 Å². The zero-order valence-electron chi connectivity index (χ0n) is 13.1. The molecule has 128 valence electrons. The van der Waals surface area contributed by atoms with Crippen LogP contribution in [0.4, 0.5) is 0 Å². The van der Waals surface area contributed by atoms with Crippen LogP contribution in [0.5, 0.6) is 0 Å². The van der Waals surface area contributed by atoms with Crippen LogP contribution in [0.2, 0.25) is 0 Å². The number of aliphatic hydroxyl groups is 1. The Balaban J connectivity index is 1.69. The smallest absolute Gasteiger partial charge is 0.305 e. The van der Waals surface area contributed by atoms with E-state index in [9.17, 15) is 14.7 Å². The van der Waals surface area contributed by atoms with Gasteiger partial charge < -0.3 is 20.8 Å². The van der Waals surface area contributed by atoms with Gasteiger partial charge in [0, 0.05) is 31.4 Å². The van der Waals surface area contributed by atoms with E-state index in [2.05, 4.69) is 5.10 Å². The fourth-order valence-electron chi connectivity index (χ4n) is 3.21. The molecule has 2 aromatic heterocycles. The van der Waals surface area contributed by atoms with Crippen molar-refractivity contribution < 1.29 is 19.8 Å². The summed E-state index contributed by atoms with van der Waals surface area (Å²) in [5.41, 5.74) is 7.65. The number of aliphatic hydroxyl groups excluding tert-OH is 1. The lowest BCUT2D eigenvalue weighted by atomic mass is 9.96. The van der Waals surface area contributed by atoms with E-state index in [0.717, 1.165) is 11.1 Å². The molecule has 1 amide bonds. The van der Waals surface area contributed by atoms with Gasteiger partial charge in [-0.05, 0) is 24.1 Å². The van der Waals surface area contributed by atoms with Crippen LogP contribution in [0.1, 0.15) is 12.0 Å². The number of rotatable bonds is 5. The summed E-state index contributed by atoms with van der Waals surface area (Å²) in [7, 11) is 0. The average molecular weight is 332 g/mol. The standard InChI is InChI=1S/C16H20N4O4/c17-12(7-15(22)23)16(24)19-8-11(14(21)9-19)6-10-2-1-5-20-13(10)3-4-18-20/h1-5,11-12,14,21H,6-9,17H2,(H,22,23)/t11-,12+,14+/m1/s1. The highest BCUT2D eigenvalue weighted by molar-refractivity contribution is 5.86. The maximum Gasteiger partial charge on any atom is 0.305 e. The number of aromatic nitrogens is 2. The van der Waals surface area contributed by atoms with Crippen LogP contribution in [-0.4, -0.2) is 61.8 Å². The number of carboxylic acids is 1. The topological polar surface area (TPSA) is 121 Å². The number of hydrogen-bond donors (Lipinski definition) is 3. The number of nitrogens with two attached hydrogens (primary N) is 1. The molecular formula is C16H20N4O4. The van der Waals surface area contributed by atoms with Crippen molar-refractivity contribution >= 4 is 17.4 Å². The van der Waals surface area contributed by atoms with Crippen LogP contribution in [0, 0.1) is 5.92 Å². The van der Waals surface area contributed by atoms with E-state index in [4.69, 9.17) is 10.8 Å². The number of carbonyl (C=O) groups is 2. The van der Waals surface area contributed by atoms with Gasteiger partial charge in [-0.3, -0.25) is 9.59 Å². The van der Waals surface area contributed by atoms with Crippen molar-refractivity contribution in [3.63, 3.8) is 0 Å². The van der Waals surface area contributed by atoms with Crippen LogP contribution in [0.3, 0.4) is 0 Å². The van der Waals surface area contributed by atoms with Gasteiger partial charge in [0.1, 0.15) is 0 Å². The van der Waals surface area contributed by atoms with E-state index >= 15 is 0 Å². The zero-order chi connectivity index (χ0) is 17.3. The number of carboxylic acid groups (broad SMARTS) is 1. The summed E-state index contributed by atoms with van der Waals surface area (Å²) in [6.07, 6.45) is 3.10. The molecule has 3 heterocycles. The fraction of sp³-hybridized carbons (Fsp3) is 0.438. The first kappa shape index (κ1) is 16.4. The van der Waals surface area contributed by atoms with Gasteiger partial charge in [-0.2, -0.15) is 5.10 Å². The predicted molar refractivity (Wildman–Crippen MR) is 85.2 cm³/mol. The van der Waals surface area contributed by atoms with Crippen LogP contribution < -0.4 is 5.73 Å². The molecule has 8 heteroatoms. The summed E-state index contributed by atoms with van der Waals surface area (Å²) in [5, 5.41) is 23.2. The first-order valence-corrected chi connectivity index (χ1v) is 7.81. The molecule has 1 aliphatic heterocycles. The van der Waals surface area contributed by atoms with Crippen LogP contribution >= 0.6 is 0 Å². The molecule has 1 fully saturated rings. The summed E-state index contributed by atoms with van der Waals surface area (Å²) >= 11 is 0. The predicted octanol–water partition coefficient (Wildman–Crippen LogP) is -0.502. The Morgan fingerprint density at radius 2 is 2.17 bits per heavy atom. The van der Waals surface area contributed by atoms with Gasteiger partial charge in [0.25, 0.3) is 0 Å². The van der Waals surface area contributed by atoms with Gasteiger partial charge in [-0.15, -0.1) is 0 Å². The SMILES string of the molecule is N[C@@H](CC(=O)O)C(=O)N1C[C@@H](Cc2cccn3nccc23)[C@@H](O)C1. The largest absolute Gasteiger partial charge is 0.481 e. The summed E-state index contributed by atoms with van der Waals surface area (Å²) in [5.74, 6) is -1.66.